The number of nitrogens with zero attached hydrogens (tertiary/aromatic N) is 1. The smallest absolute Gasteiger partial charge is 0.333 e. The van der Waals surface area contributed by atoms with Crippen LogP contribution in [0.4, 0.5) is 0 Å². The molecule has 0 N–H and O–H groups in total. The Kier molecular flexibility index (Phi) is 5.85. The molecule has 0 aromatic heterocycles. The Morgan fingerprint density at radius 2 is 2.00 bits per heavy atom. The van der Waals surface area contributed by atoms with Crippen molar-refractivity contribution in [3.8, 4) is 0 Å². The maximum atomic E-state index is 11.1. The summed E-state index contributed by atoms with van der Waals surface area (Å²) in [4.78, 5) is 15.3. The molecule has 0 aromatic rings. The molecule has 0 rings (SSSR count). The van der Waals surface area contributed by atoms with Gasteiger partial charge in [0.25, 0.3) is 0 Å². The lowest BCUT2D eigenvalue weighted by Gasteiger charge is -2.00. The van der Waals surface area contributed by atoms with Gasteiger partial charge in [0, 0.05) is 17.8 Å². The lowest BCUT2D eigenvalue weighted by Crippen LogP contribution is -2.06. The topological polar surface area (TPSA) is 38.7 Å². The molecule has 0 heterocycles. The molecule has 0 aromatic carbocycles. The summed E-state index contributed by atoms with van der Waals surface area (Å²) in [5.41, 5.74) is 1.45. The highest BCUT2D eigenvalue weighted by molar-refractivity contribution is 6.00. The first-order chi connectivity index (χ1) is 6.11. The third-order valence-electron chi connectivity index (χ3n) is 1.43. The molecule has 0 unspecified atom stereocenters. The van der Waals surface area contributed by atoms with Crippen LogP contribution in [0.15, 0.2) is 16.6 Å². The summed E-state index contributed by atoms with van der Waals surface area (Å²) in [7, 11) is 0. The van der Waals surface area contributed by atoms with E-state index >= 15 is 0 Å². The van der Waals surface area contributed by atoms with Crippen molar-refractivity contribution in [1.29, 1.82) is 0 Å². The zero-order valence-corrected chi connectivity index (χ0v) is 8.76. The number of hydrogen-bond donors (Lipinski definition) is 0. The Hall–Kier alpha value is -1.12. The minimum Gasteiger partial charge on any atom is -0.463 e. The van der Waals surface area contributed by atoms with Gasteiger partial charge in [-0.25, -0.2) is 4.79 Å². The lowest BCUT2D eigenvalue weighted by atomic mass is 10.2. The van der Waals surface area contributed by atoms with E-state index in [1.165, 1.54) is 0 Å². The van der Waals surface area contributed by atoms with Gasteiger partial charge in [-0.15, -0.1) is 0 Å². The number of rotatable bonds is 4. The fourth-order valence-electron chi connectivity index (χ4n) is 0.912. The Bertz CT molecular complexity index is 229. The van der Waals surface area contributed by atoms with Crippen LogP contribution < -0.4 is 0 Å². The van der Waals surface area contributed by atoms with E-state index in [0.717, 1.165) is 12.3 Å². The monoisotopic (exact) mass is 183 g/mol. The second-order valence-electron chi connectivity index (χ2n) is 2.66. The summed E-state index contributed by atoms with van der Waals surface area (Å²) in [6.45, 7) is 8.49. The number of ether oxygens (including phenoxy) is 1. The van der Waals surface area contributed by atoms with Crippen LogP contribution in [0.3, 0.4) is 0 Å². The molecule has 0 aliphatic heterocycles. The molecule has 0 bridgehead atoms. The summed E-state index contributed by atoms with van der Waals surface area (Å²) < 4.78 is 4.82. The normalized spacial score (nSPS) is 12.9. The third kappa shape index (κ3) is 5.17. The maximum Gasteiger partial charge on any atom is 0.333 e. The van der Waals surface area contributed by atoms with Crippen molar-refractivity contribution in [2.75, 3.05) is 13.2 Å². The van der Waals surface area contributed by atoms with Crippen LogP contribution >= 0.6 is 0 Å². The molecule has 0 atom stereocenters. The summed E-state index contributed by atoms with van der Waals surface area (Å²) in [6, 6.07) is 0. The molecule has 0 radical (unpaired) electrons. The minimum absolute atomic E-state index is 0.270. The predicted molar refractivity (Wildman–Crippen MR) is 54.0 cm³/mol. The Morgan fingerprint density at radius 1 is 1.38 bits per heavy atom. The molecule has 0 saturated carbocycles. The molecular weight excluding hydrogens is 166 g/mol. The van der Waals surface area contributed by atoms with Crippen LogP contribution in [0.25, 0.3) is 0 Å². The second-order valence-corrected chi connectivity index (χ2v) is 2.66. The quantitative estimate of drug-likeness (QED) is 0.380. The van der Waals surface area contributed by atoms with Gasteiger partial charge in [-0.3, -0.25) is 4.99 Å². The number of aliphatic imine (C=N–C) groups is 1. The Balaban J connectivity index is 4.31. The van der Waals surface area contributed by atoms with E-state index in [-0.39, 0.29) is 5.97 Å². The number of carbonyl (C=O) groups excluding carboxylic acids is 1. The number of allylic oxidation sites excluding steroid dienone is 1. The van der Waals surface area contributed by atoms with Crippen LogP contribution in [-0.2, 0) is 9.53 Å². The molecule has 0 aliphatic carbocycles. The summed E-state index contributed by atoms with van der Waals surface area (Å²) in [5.74, 6) is -0.270. The van der Waals surface area contributed by atoms with Crippen LogP contribution in [0.2, 0.25) is 0 Å². The SMILES string of the molecule is CC/N=C(C)\C=C(/C)C(=O)OCC. The second kappa shape index (κ2) is 6.40. The number of esters is 1. The van der Waals surface area contributed by atoms with Gasteiger partial charge in [0.05, 0.1) is 6.61 Å². The average molecular weight is 183 g/mol. The summed E-state index contributed by atoms with van der Waals surface area (Å²) >= 11 is 0. The average Bonchev–Trinajstić information content (AvgIpc) is 2.05. The van der Waals surface area contributed by atoms with Crippen LogP contribution in [0, 0.1) is 0 Å². The van der Waals surface area contributed by atoms with Gasteiger partial charge in [-0.2, -0.15) is 0 Å². The van der Waals surface area contributed by atoms with Crippen LogP contribution in [0.5, 0.6) is 0 Å². The first kappa shape index (κ1) is 11.9. The maximum absolute atomic E-state index is 11.1. The molecule has 0 aliphatic rings. The highest BCUT2D eigenvalue weighted by atomic mass is 16.5. The first-order valence-corrected chi connectivity index (χ1v) is 4.48. The molecule has 0 amide bonds. The first-order valence-electron chi connectivity index (χ1n) is 4.48. The van der Waals surface area contributed by atoms with E-state index in [0.29, 0.717) is 12.2 Å². The van der Waals surface area contributed by atoms with Crippen molar-refractivity contribution in [2.24, 2.45) is 4.99 Å². The largest absolute Gasteiger partial charge is 0.463 e. The van der Waals surface area contributed by atoms with E-state index in [2.05, 4.69) is 4.99 Å². The molecule has 0 spiro atoms. The summed E-state index contributed by atoms with van der Waals surface area (Å²) in [6.07, 6.45) is 1.74. The van der Waals surface area contributed by atoms with Crippen molar-refractivity contribution in [3.05, 3.63) is 11.6 Å². The van der Waals surface area contributed by atoms with E-state index in [4.69, 9.17) is 4.74 Å². The summed E-state index contributed by atoms with van der Waals surface area (Å²) in [5, 5.41) is 0. The van der Waals surface area contributed by atoms with Gasteiger partial charge in [0.2, 0.25) is 0 Å². The lowest BCUT2D eigenvalue weighted by molar-refractivity contribution is -0.138. The minimum atomic E-state index is -0.270. The van der Waals surface area contributed by atoms with Gasteiger partial charge < -0.3 is 4.74 Å². The molecule has 0 saturated heterocycles. The van der Waals surface area contributed by atoms with E-state index in [1.807, 2.05) is 13.8 Å². The zero-order chi connectivity index (χ0) is 10.3. The molecule has 3 heteroatoms. The molecule has 74 valence electrons. The van der Waals surface area contributed by atoms with Gasteiger partial charge in [-0.1, -0.05) is 0 Å². The highest BCUT2D eigenvalue weighted by Gasteiger charge is 2.03. The van der Waals surface area contributed by atoms with Gasteiger partial charge in [-0.05, 0) is 33.8 Å². The fraction of sp³-hybridized carbons (Fsp3) is 0.600. The van der Waals surface area contributed by atoms with Crippen molar-refractivity contribution >= 4 is 11.7 Å². The molecule has 3 nitrogen and oxygen atoms in total. The van der Waals surface area contributed by atoms with E-state index in [1.54, 1.807) is 19.9 Å². The van der Waals surface area contributed by atoms with Crippen LogP contribution in [-0.4, -0.2) is 24.8 Å². The molecule has 13 heavy (non-hydrogen) atoms. The Morgan fingerprint density at radius 3 is 2.46 bits per heavy atom. The number of hydrogen-bond acceptors (Lipinski definition) is 3. The number of carbonyl (C=O) groups is 1. The standard InChI is InChI=1S/C10H17NO2/c1-5-11-9(4)7-8(3)10(12)13-6-2/h7H,5-6H2,1-4H3/b8-7+,11-9-. The molecule has 0 fully saturated rings. The Labute approximate surface area is 79.5 Å². The van der Waals surface area contributed by atoms with Crippen molar-refractivity contribution in [1.82, 2.24) is 0 Å². The van der Waals surface area contributed by atoms with Gasteiger partial charge in [0.15, 0.2) is 0 Å². The predicted octanol–water partition coefficient (Wildman–Crippen LogP) is 1.98. The van der Waals surface area contributed by atoms with Gasteiger partial charge >= 0.3 is 5.97 Å². The van der Waals surface area contributed by atoms with Crippen molar-refractivity contribution in [3.63, 3.8) is 0 Å². The zero-order valence-electron chi connectivity index (χ0n) is 8.76. The van der Waals surface area contributed by atoms with Crippen molar-refractivity contribution in [2.45, 2.75) is 27.7 Å². The fourth-order valence-corrected chi connectivity index (χ4v) is 0.912. The van der Waals surface area contributed by atoms with Gasteiger partial charge in [0.1, 0.15) is 0 Å². The van der Waals surface area contributed by atoms with Crippen molar-refractivity contribution < 1.29 is 9.53 Å². The third-order valence-corrected chi connectivity index (χ3v) is 1.43. The molecular formula is C10H17NO2. The van der Waals surface area contributed by atoms with Crippen LogP contribution in [0.1, 0.15) is 27.7 Å². The van der Waals surface area contributed by atoms with E-state index in [9.17, 15) is 4.79 Å². The van der Waals surface area contributed by atoms with E-state index < -0.39 is 0 Å². The highest BCUT2D eigenvalue weighted by Crippen LogP contribution is 1.97.